The summed E-state index contributed by atoms with van der Waals surface area (Å²) >= 11 is 0. The first-order valence-corrected chi connectivity index (χ1v) is 20.8. The molecule has 5 nitrogen and oxygen atoms in total. The van der Waals surface area contributed by atoms with E-state index in [2.05, 4.69) is 187 Å². The molecule has 0 aliphatic heterocycles. The minimum absolute atomic E-state index is 0.563. The van der Waals surface area contributed by atoms with Crippen molar-refractivity contribution in [3.8, 4) is 73.2 Å². The van der Waals surface area contributed by atoms with Crippen LogP contribution in [-0.4, -0.2) is 19.5 Å². The average molecular weight is 793 g/mol. The predicted molar refractivity (Wildman–Crippen MR) is 254 cm³/mol. The Kier molecular flexibility index (Phi) is 8.42. The fourth-order valence-corrected chi connectivity index (χ4v) is 8.84. The molecule has 0 fully saturated rings. The summed E-state index contributed by atoms with van der Waals surface area (Å²) < 4.78 is 8.56. The van der Waals surface area contributed by atoms with Crippen molar-refractivity contribution in [3.05, 3.63) is 218 Å². The van der Waals surface area contributed by atoms with E-state index >= 15 is 0 Å². The normalized spacial score (nSPS) is 11.5. The first-order valence-electron chi connectivity index (χ1n) is 20.8. The molecule has 12 aromatic rings. The zero-order chi connectivity index (χ0) is 41.0. The summed E-state index contributed by atoms with van der Waals surface area (Å²) in [5.74, 6) is 1.79. The van der Waals surface area contributed by atoms with Crippen molar-refractivity contribution in [1.29, 1.82) is 0 Å². The molecule has 12 rings (SSSR count). The molecule has 290 valence electrons. The number of benzene rings is 9. The van der Waals surface area contributed by atoms with Crippen LogP contribution < -0.4 is 0 Å². The van der Waals surface area contributed by atoms with E-state index in [-0.39, 0.29) is 0 Å². The second-order valence-electron chi connectivity index (χ2n) is 15.6. The number of aromatic nitrogens is 4. The zero-order valence-electron chi connectivity index (χ0n) is 33.5. The fraction of sp³-hybridized carbons (Fsp3) is 0. The fourth-order valence-electron chi connectivity index (χ4n) is 8.84. The molecule has 0 radical (unpaired) electrons. The van der Waals surface area contributed by atoms with Crippen molar-refractivity contribution in [2.24, 2.45) is 0 Å². The Hall–Kier alpha value is -8.41. The Labute approximate surface area is 357 Å². The maximum atomic E-state index is 6.39. The summed E-state index contributed by atoms with van der Waals surface area (Å²) in [6, 6.07) is 76.4. The molecule has 0 saturated heterocycles. The highest BCUT2D eigenvalue weighted by Crippen LogP contribution is 2.40. The Morgan fingerprint density at radius 2 is 0.790 bits per heavy atom. The van der Waals surface area contributed by atoms with Crippen molar-refractivity contribution >= 4 is 43.7 Å². The van der Waals surface area contributed by atoms with Gasteiger partial charge in [-0.15, -0.1) is 0 Å². The molecule has 62 heavy (non-hydrogen) atoms. The summed E-state index contributed by atoms with van der Waals surface area (Å²) in [5.41, 5.74) is 14.9. The maximum absolute atomic E-state index is 6.39. The zero-order valence-corrected chi connectivity index (χ0v) is 33.5. The average Bonchev–Trinajstić information content (AvgIpc) is 3.90. The largest absolute Gasteiger partial charge is 0.456 e. The summed E-state index contributed by atoms with van der Waals surface area (Å²) in [4.78, 5) is 15.5. The second-order valence-corrected chi connectivity index (χ2v) is 15.6. The van der Waals surface area contributed by atoms with Crippen LogP contribution in [0.4, 0.5) is 0 Å². The molecule has 0 bridgehead atoms. The van der Waals surface area contributed by atoms with Crippen molar-refractivity contribution in [1.82, 2.24) is 19.5 Å². The maximum Gasteiger partial charge on any atom is 0.238 e. The van der Waals surface area contributed by atoms with Gasteiger partial charge in [-0.25, -0.2) is 4.98 Å². The quantitative estimate of drug-likeness (QED) is 0.161. The van der Waals surface area contributed by atoms with Crippen LogP contribution in [-0.2, 0) is 0 Å². The van der Waals surface area contributed by atoms with Gasteiger partial charge >= 0.3 is 0 Å². The molecule has 0 atom stereocenters. The van der Waals surface area contributed by atoms with Gasteiger partial charge in [-0.05, 0) is 80.9 Å². The van der Waals surface area contributed by atoms with Crippen LogP contribution in [0.5, 0.6) is 0 Å². The molecule has 0 unspecified atom stereocenters. The molecule has 0 amide bonds. The minimum Gasteiger partial charge on any atom is -0.456 e. The van der Waals surface area contributed by atoms with Crippen molar-refractivity contribution < 1.29 is 4.42 Å². The van der Waals surface area contributed by atoms with E-state index in [1.54, 1.807) is 0 Å². The van der Waals surface area contributed by atoms with Gasteiger partial charge < -0.3 is 4.42 Å². The molecule has 0 aliphatic rings. The number of hydrogen-bond acceptors (Lipinski definition) is 4. The van der Waals surface area contributed by atoms with Crippen molar-refractivity contribution in [2.45, 2.75) is 0 Å². The first-order chi connectivity index (χ1) is 30.7. The molecule has 9 aromatic carbocycles. The third kappa shape index (κ3) is 6.14. The molecule has 0 N–H and O–H groups in total. The lowest BCUT2D eigenvalue weighted by molar-refractivity contribution is 0.669. The van der Waals surface area contributed by atoms with E-state index in [4.69, 9.17) is 19.4 Å². The molecule has 0 spiro atoms. The number of hydrogen-bond donors (Lipinski definition) is 0. The van der Waals surface area contributed by atoms with Gasteiger partial charge in [0.25, 0.3) is 0 Å². The van der Waals surface area contributed by atoms with Gasteiger partial charge in [0.1, 0.15) is 11.2 Å². The topological polar surface area (TPSA) is 56.7 Å². The molecule has 3 aromatic heterocycles. The third-order valence-electron chi connectivity index (χ3n) is 11.9. The van der Waals surface area contributed by atoms with Gasteiger partial charge in [-0.2, -0.15) is 9.97 Å². The smallest absolute Gasteiger partial charge is 0.238 e. The van der Waals surface area contributed by atoms with Crippen LogP contribution in [0, 0.1) is 0 Å². The molecule has 0 saturated carbocycles. The van der Waals surface area contributed by atoms with Crippen LogP contribution in [0.25, 0.3) is 117 Å². The highest BCUT2D eigenvalue weighted by atomic mass is 16.3. The standard InChI is InChI=1S/C57H36N4O/c1-4-13-37(14-5-1)38-23-25-39(26-24-38)40-27-29-43(30-28-40)56-58-55(42-17-8-3-9-18-42)59-57(60-56)61-50-21-11-10-19-47(50)48-35-44(31-33-51(48)61)45-32-34-52-49(36-45)54-46(20-12-22-53(54)62-52)41-15-6-2-7-16-41/h1-36H. The van der Waals surface area contributed by atoms with Crippen LogP contribution in [0.15, 0.2) is 223 Å². The van der Waals surface area contributed by atoms with E-state index in [9.17, 15) is 0 Å². The van der Waals surface area contributed by atoms with Gasteiger partial charge in [0.2, 0.25) is 5.95 Å². The molecular weight excluding hydrogens is 757 g/mol. The number of fused-ring (bicyclic) bond motifs is 6. The van der Waals surface area contributed by atoms with Gasteiger partial charge in [0, 0.05) is 32.7 Å². The Balaban J connectivity index is 0.966. The Morgan fingerprint density at radius 3 is 1.45 bits per heavy atom. The van der Waals surface area contributed by atoms with E-state index < -0.39 is 0 Å². The van der Waals surface area contributed by atoms with Crippen LogP contribution >= 0.6 is 0 Å². The predicted octanol–water partition coefficient (Wildman–Crippen LogP) is 14.9. The summed E-state index contributed by atoms with van der Waals surface area (Å²) in [6.07, 6.45) is 0. The van der Waals surface area contributed by atoms with Crippen LogP contribution in [0.2, 0.25) is 0 Å². The lowest BCUT2D eigenvalue weighted by Gasteiger charge is -2.11. The molecule has 3 heterocycles. The minimum atomic E-state index is 0.563. The number of nitrogens with zero attached hydrogens (tertiary/aromatic N) is 4. The lowest BCUT2D eigenvalue weighted by Crippen LogP contribution is -2.06. The van der Waals surface area contributed by atoms with Crippen molar-refractivity contribution in [2.75, 3.05) is 0 Å². The summed E-state index contributed by atoms with van der Waals surface area (Å²) in [7, 11) is 0. The molecule has 0 aliphatic carbocycles. The van der Waals surface area contributed by atoms with E-state index in [1.807, 2.05) is 36.4 Å². The van der Waals surface area contributed by atoms with E-state index in [0.717, 1.165) is 82.7 Å². The second kappa shape index (κ2) is 14.7. The molecule has 5 heteroatoms. The van der Waals surface area contributed by atoms with Crippen molar-refractivity contribution in [3.63, 3.8) is 0 Å². The highest BCUT2D eigenvalue weighted by Gasteiger charge is 2.19. The number of rotatable bonds is 7. The van der Waals surface area contributed by atoms with Gasteiger partial charge in [-0.3, -0.25) is 4.57 Å². The third-order valence-corrected chi connectivity index (χ3v) is 11.9. The van der Waals surface area contributed by atoms with Gasteiger partial charge in [-0.1, -0.05) is 182 Å². The first kappa shape index (κ1) is 35.5. The summed E-state index contributed by atoms with van der Waals surface area (Å²) in [6.45, 7) is 0. The monoisotopic (exact) mass is 792 g/mol. The van der Waals surface area contributed by atoms with Gasteiger partial charge in [0.05, 0.1) is 11.0 Å². The Bertz CT molecular complexity index is 3590. The number of para-hydroxylation sites is 1. The Morgan fingerprint density at radius 1 is 0.306 bits per heavy atom. The van der Waals surface area contributed by atoms with Crippen LogP contribution in [0.1, 0.15) is 0 Å². The summed E-state index contributed by atoms with van der Waals surface area (Å²) in [5, 5.41) is 4.46. The van der Waals surface area contributed by atoms with Crippen LogP contribution in [0.3, 0.4) is 0 Å². The highest BCUT2D eigenvalue weighted by molar-refractivity contribution is 6.14. The molecular formula is C57H36N4O. The van der Waals surface area contributed by atoms with Gasteiger partial charge in [0.15, 0.2) is 11.6 Å². The lowest BCUT2D eigenvalue weighted by atomic mass is 9.97. The van der Waals surface area contributed by atoms with E-state index in [1.165, 1.54) is 16.7 Å². The number of furan rings is 1. The van der Waals surface area contributed by atoms with E-state index in [0.29, 0.717) is 17.6 Å². The SMILES string of the molecule is c1ccc(-c2ccc(-c3ccc(-c4nc(-c5ccccc5)nc(-n5c6ccccc6c6cc(-c7ccc8oc9cccc(-c%10ccccc%10)c9c8c7)ccc65)n4)cc3)cc2)cc1.